The van der Waals surface area contributed by atoms with Crippen LogP contribution in [0.4, 0.5) is 5.82 Å². The molecule has 0 aromatic carbocycles. The number of hydrogen-bond donors (Lipinski definition) is 2. The predicted octanol–water partition coefficient (Wildman–Crippen LogP) is 1.54. The van der Waals surface area contributed by atoms with Crippen LogP contribution in [-0.2, 0) is 4.74 Å². The second-order valence-electron chi connectivity index (χ2n) is 3.09. The van der Waals surface area contributed by atoms with Crippen LogP contribution in [0.15, 0.2) is 16.6 Å². The fourth-order valence-electron chi connectivity index (χ4n) is 1.08. The van der Waals surface area contributed by atoms with Crippen molar-refractivity contribution in [3.05, 3.63) is 22.3 Å². The zero-order chi connectivity index (χ0) is 11.1. The van der Waals surface area contributed by atoms with E-state index in [9.17, 15) is 0 Å². The number of hydrogen-bond acceptors (Lipinski definition) is 4. The molecule has 0 amide bonds. The SMILES string of the molecule is Cc1nc(NCCOCCN)ccc1Br. The van der Waals surface area contributed by atoms with E-state index in [2.05, 4.69) is 26.2 Å². The van der Waals surface area contributed by atoms with Crippen LogP contribution in [0.5, 0.6) is 0 Å². The lowest BCUT2D eigenvalue weighted by Crippen LogP contribution is -2.14. The standard InChI is InChI=1S/C10H16BrN3O/c1-8-9(11)2-3-10(14-8)13-5-7-15-6-4-12/h2-3H,4-7,12H2,1H3,(H,13,14). The lowest BCUT2D eigenvalue weighted by Gasteiger charge is -2.07. The fourth-order valence-corrected chi connectivity index (χ4v) is 1.30. The second kappa shape index (κ2) is 6.76. The molecule has 5 heteroatoms. The number of halogens is 1. The average Bonchev–Trinajstić information content (AvgIpc) is 2.23. The Morgan fingerprint density at radius 2 is 2.27 bits per heavy atom. The minimum Gasteiger partial charge on any atom is -0.378 e. The van der Waals surface area contributed by atoms with Crippen LogP contribution < -0.4 is 11.1 Å². The van der Waals surface area contributed by atoms with Gasteiger partial charge in [0.2, 0.25) is 0 Å². The fraction of sp³-hybridized carbons (Fsp3) is 0.500. The average molecular weight is 274 g/mol. The molecule has 0 bridgehead atoms. The van der Waals surface area contributed by atoms with Crippen LogP contribution in [0.25, 0.3) is 0 Å². The number of pyridine rings is 1. The quantitative estimate of drug-likeness (QED) is 0.772. The van der Waals surface area contributed by atoms with E-state index in [0.717, 1.165) is 22.5 Å². The highest BCUT2D eigenvalue weighted by Crippen LogP contribution is 2.15. The van der Waals surface area contributed by atoms with Gasteiger partial charge in [-0.05, 0) is 35.0 Å². The van der Waals surface area contributed by atoms with Gasteiger partial charge in [0.1, 0.15) is 5.82 Å². The third kappa shape index (κ3) is 4.59. The van der Waals surface area contributed by atoms with Crippen LogP contribution in [0.3, 0.4) is 0 Å². The lowest BCUT2D eigenvalue weighted by molar-refractivity contribution is 0.151. The van der Waals surface area contributed by atoms with E-state index in [4.69, 9.17) is 10.5 Å². The Balaban J connectivity index is 2.28. The minimum absolute atomic E-state index is 0.565. The first-order valence-corrected chi connectivity index (χ1v) is 5.68. The highest BCUT2D eigenvalue weighted by molar-refractivity contribution is 9.10. The molecule has 0 aliphatic heterocycles. The van der Waals surface area contributed by atoms with Crippen LogP contribution in [0.2, 0.25) is 0 Å². The molecule has 1 aromatic heterocycles. The first kappa shape index (κ1) is 12.4. The van der Waals surface area contributed by atoms with E-state index in [1.165, 1.54) is 0 Å². The van der Waals surface area contributed by atoms with Crippen LogP contribution in [-0.4, -0.2) is 31.3 Å². The lowest BCUT2D eigenvalue weighted by atomic mass is 10.4. The van der Waals surface area contributed by atoms with Gasteiger partial charge < -0.3 is 15.8 Å². The number of nitrogens with two attached hydrogens (primary N) is 1. The number of aromatic nitrogens is 1. The number of ether oxygens (including phenoxy) is 1. The third-order valence-electron chi connectivity index (χ3n) is 1.84. The summed E-state index contributed by atoms with van der Waals surface area (Å²) in [5.74, 6) is 0.868. The molecule has 84 valence electrons. The molecule has 3 N–H and O–H groups in total. The zero-order valence-corrected chi connectivity index (χ0v) is 10.4. The molecular weight excluding hydrogens is 258 g/mol. The van der Waals surface area contributed by atoms with Crippen molar-refractivity contribution in [2.75, 3.05) is 31.6 Å². The van der Waals surface area contributed by atoms with Crippen LogP contribution in [0, 0.1) is 6.92 Å². The Bertz CT molecular complexity index is 307. The summed E-state index contributed by atoms with van der Waals surface area (Å²) in [4.78, 5) is 4.35. The Kier molecular flexibility index (Phi) is 5.60. The molecule has 0 fully saturated rings. The van der Waals surface area contributed by atoms with Gasteiger partial charge in [0.15, 0.2) is 0 Å². The van der Waals surface area contributed by atoms with E-state index < -0.39 is 0 Å². The Morgan fingerprint density at radius 3 is 2.93 bits per heavy atom. The monoisotopic (exact) mass is 273 g/mol. The number of nitrogens with zero attached hydrogens (tertiary/aromatic N) is 1. The predicted molar refractivity (Wildman–Crippen MR) is 65.0 cm³/mol. The van der Waals surface area contributed by atoms with E-state index in [1.54, 1.807) is 0 Å². The summed E-state index contributed by atoms with van der Waals surface area (Å²) < 4.78 is 6.25. The maximum Gasteiger partial charge on any atom is 0.126 e. The van der Waals surface area contributed by atoms with Crippen molar-refractivity contribution in [2.45, 2.75) is 6.92 Å². The van der Waals surface area contributed by atoms with Gasteiger partial charge in [-0.25, -0.2) is 4.98 Å². The molecule has 1 aromatic rings. The number of rotatable bonds is 6. The van der Waals surface area contributed by atoms with Crippen molar-refractivity contribution >= 4 is 21.7 Å². The van der Waals surface area contributed by atoms with Crippen molar-refractivity contribution in [1.82, 2.24) is 4.98 Å². The second-order valence-corrected chi connectivity index (χ2v) is 3.95. The molecule has 1 rings (SSSR count). The van der Waals surface area contributed by atoms with Crippen molar-refractivity contribution in [2.24, 2.45) is 5.73 Å². The number of nitrogens with one attached hydrogen (secondary N) is 1. The van der Waals surface area contributed by atoms with Crippen molar-refractivity contribution in [1.29, 1.82) is 0 Å². The molecular formula is C10H16BrN3O. The summed E-state index contributed by atoms with van der Waals surface area (Å²) in [5.41, 5.74) is 6.27. The molecule has 0 radical (unpaired) electrons. The maximum atomic E-state index is 5.30. The molecule has 0 saturated carbocycles. The van der Waals surface area contributed by atoms with Gasteiger partial charge in [0.05, 0.1) is 18.9 Å². The van der Waals surface area contributed by atoms with E-state index in [1.807, 2.05) is 19.1 Å². The number of anilines is 1. The topological polar surface area (TPSA) is 60.2 Å². The van der Waals surface area contributed by atoms with Crippen molar-refractivity contribution in [3.8, 4) is 0 Å². The normalized spacial score (nSPS) is 10.3. The van der Waals surface area contributed by atoms with Gasteiger partial charge in [-0.3, -0.25) is 0 Å². The summed E-state index contributed by atoms with van der Waals surface area (Å²) in [7, 11) is 0. The van der Waals surface area contributed by atoms with E-state index >= 15 is 0 Å². The molecule has 1 heterocycles. The first-order valence-electron chi connectivity index (χ1n) is 4.89. The third-order valence-corrected chi connectivity index (χ3v) is 2.67. The molecule has 0 aliphatic carbocycles. The molecule has 4 nitrogen and oxygen atoms in total. The van der Waals surface area contributed by atoms with E-state index in [0.29, 0.717) is 19.8 Å². The molecule has 0 spiro atoms. The smallest absolute Gasteiger partial charge is 0.126 e. The largest absolute Gasteiger partial charge is 0.378 e. The van der Waals surface area contributed by atoms with Gasteiger partial charge in [-0.15, -0.1) is 0 Å². The van der Waals surface area contributed by atoms with Crippen LogP contribution in [0.1, 0.15) is 5.69 Å². The van der Waals surface area contributed by atoms with Crippen molar-refractivity contribution in [3.63, 3.8) is 0 Å². The van der Waals surface area contributed by atoms with E-state index in [-0.39, 0.29) is 0 Å². The summed E-state index contributed by atoms with van der Waals surface area (Å²) in [6, 6.07) is 3.91. The zero-order valence-electron chi connectivity index (χ0n) is 8.79. The molecule has 0 saturated heterocycles. The number of aryl methyl sites for hydroxylation is 1. The summed E-state index contributed by atoms with van der Waals surface area (Å²) in [6.07, 6.45) is 0. The first-order chi connectivity index (χ1) is 7.24. The molecule has 0 aliphatic rings. The molecule has 15 heavy (non-hydrogen) atoms. The van der Waals surface area contributed by atoms with Gasteiger partial charge in [0, 0.05) is 17.6 Å². The summed E-state index contributed by atoms with van der Waals surface area (Å²) in [5, 5.41) is 3.17. The van der Waals surface area contributed by atoms with Gasteiger partial charge >= 0.3 is 0 Å². The minimum atomic E-state index is 0.565. The summed E-state index contributed by atoms with van der Waals surface area (Å²) in [6.45, 7) is 4.52. The summed E-state index contributed by atoms with van der Waals surface area (Å²) >= 11 is 3.40. The highest BCUT2D eigenvalue weighted by atomic mass is 79.9. The van der Waals surface area contributed by atoms with Gasteiger partial charge in [-0.1, -0.05) is 0 Å². The Hall–Kier alpha value is -0.650. The molecule has 0 atom stereocenters. The molecule has 0 unspecified atom stereocenters. The van der Waals surface area contributed by atoms with Crippen LogP contribution >= 0.6 is 15.9 Å². The Morgan fingerprint density at radius 1 is 1.47 bits per heavy atom. The highest BCUT2D eigenvalue weighted by Gasteiger charge is 1.97. The Labute approximate surface area is 98.3 Å². The van der Waals surface area contributed by atoms with Crippen molar-refractivity contribution < 1.29 is 4.74 Å². The van der Waals surface area contributed by atoms with Gasteiger partial charge in [0.25, 0.3) is 0 Å². The van der Waals surface area contributed by atoms with Gasteiger partial charge in [-0.2, -0.15) is 0 Å². The maximum absolute atomic E-state index is 5.30.